The fourth-order valence-corrected chi connectivity index (χ4v) is 4.45. The Balaban J connectivity index is 1.58. The molecule has 0 aliphatic heterocycles. The fraction of sp³-hybridized carbons (Fsp3) is 0.115. The first-order valence-electron chi connectivity index (χ1n) is 10.6. The average molecular weight is 511 g/mol. The van der Waals surface area contributed by atoms with Crippen LogP contribution in [0.1, 0.15) is 15.9 Å². The number of pyridine rings is 1. The molecule has 4 aromatic rings. The van der Waals surface area contributed by atoms with Crippen molar-refractivity contribution < 1.29 is 19.8 Å². The van der Waals surface area contributed by atoms with Crippen molar-refractivity contribution in [1.82, 2.24) is 9.88 Å². The maximum Gasteiger partial charge on any atom is 0.326 e. The molecule has 0 bridgehead atoms. The minimum atomic E-state index is -1.22. The second-order valence-electron chi connectivity index (χ2n) is 8.03. The van der Waals surface area contributed by atoms with Gasteiger partial charge in [-0.3, -0.25) is 9.59 Å². The molecule has 0 aliphatic rings. The van der Waals surface area contributed by atoms with Gasteiger partial charge in [-0.25, -0.2) is 4.79 Å². The maximum atomic E-state index is 12.9. The zero-order chi connectivity index (χ0) is 25.3. The smallest absolute Gasteiger partial charge is 0.326 e. The molecule has 9 heteroatoms. The molecule has 3 aromatic carbocycles. The molecule has 0 spiro atoms. The summed E-state index contributed by atoms with van der Waals surface area (Å²) in [5.41, 5.74) is 2.21. The lowest BCUT2D eigenvalue weighted by Gasteiger charge is -2.16. The molecule has 3 N–H and O–H groups in total. The summed E-state index contributed by atoms with van der Waals surface area (Å²) >= 11 is 12.1. The molecule has 7 nitrogen and oxygen atoms in total. The molecule has 0 aliphatic carbocycles. The third-order valence-corrected chi connectivity index (χ3v) is 6.34. The van der Waals surface area contributed by atoms with Gasteiger partial charge in [0.05, 0.1) is 21.1 Å². The van der Waals surface area contributed by atoms with Crippen LogP contribution in [0.5, 0.6) is 5.75 Å². The first-order valence-corrected chi connectivity index (χ1v) is 11.3. The summed E-state index contributed by atoms with van der Waals surface area (Å²) < 4.78 is 1.51. The van der Waals surface area contributed by atoms with E-state index in [-0.39, 0.29) is 33.3 Å². The lowest BCUT2D eigenvalue weighted by Crippen LogP contribution is -2.42. The molecule has 0 fully saturated rings. The van der Waals surface area contributed by atoms with Crippen molar-refractivity contribution in [2.75, 3.05) is 0 Å². The van der Waals surface area contributed by atoms with Crippen LogP contribution >= 0.6 is 23.2 Å². The van der Waals surface area contributed by atoms with E-state index in [0.29, 0.717) is 27.6 Å². The van der Waals surface area contributed by atoms with Crippen LogP contribution < -0.4 is 10.9 Å². The first-order chi connectivity index (χ1) is 16.7. The molecule has 0 saturated carbocycles. The van der Waals surface area contributed by atoms with E-state index in [9.17, 15) is 24.6 Å². The highest BCUT2D eigenvalue weighted by molar-refractivity contribution is 6.39. The molecule has 1 amide bonds. The van der Waals surface area contributed by atoms with Crippen LogP contribution in [0.3, 0.4) is 0 Å². The summed E-state index contributed by atoms with van der Waals surface area (Å²) in [5.74, 6) is -1.81. The molecule has 1 atom stereocenters. The number of carboxylic acid groups (broad SMARTS) is 1. The van der Waals surface area contributed by atoms with Gasteiger partial charge >= 0.3 is 5.97 Å². The first kappa shape index (κ1) is 24.3. The van der Waals surface area contributed by atoms with Crippen LogP contribution in [0.15, 0.2) is 71.5 Å². The van der Waals surface area contributed by atoms with E-state index in [4.69, 9.17) is 23.2 Å². The number of hydrogen-bond acceptors (Lipinski definition) is 4. The van der Waals surface area contributed by atoms with Crippen molar-refractivity contribution in [2.24, 2.45) is 7.05 Å². The largest absolute Gasteiger partial charge is 0.508 e. The number of nitrogens with zero attached hydrogens (tertiary/aromatic N) is 1. The normalized spacial score (nSPS) is 11.9. The van der Waals surface area contributed by atoms with Gasteiger partial charge in [0.15, 0.2) is 0 Å². The van der Waals surface area contributed by atoms with Gasteiger partial charge in [-0.05, 0) is 47.5 Å². The van der Waals surface area contributed by atoms with Gasteiger partial charge in [-0.15, -0.1) is 0 Å². The highest BCUT2D eigenvalue weighted by Gasteiger charge is 2.24. The quantitative estimate of drug-likeness (QED) is 0.350. The highest BCUT2D eigenvalue weighted by Crippen LogP contribution is 2.26. The van der Waals surface area contributed by atoms with Gasteiger partial charge in [-0.1, -0.05) is 53.5 Å². The Hall–Kier alpha value is -3.81. The second-order valence-corrected chi connectivity index (χ2v) is 8.84. The van der Waals surface area contributed by atoms with E-state index in [2.05, 4.69) is 5.32 Å². The summed E-state index contributed by atoms with van der Waals surface area (Å²) in [7, 11) is 1.66. The third kappa shape index (κ3) is 5.01. The molecular weight excluding hydrogens is 491 g/mol. The number of aromatic hydroxyl groups is 1. The minimum Gasteiger partial charge on any atom is -0.508 e. The number of phenols is 1. The van der Waals surface area contributed by atoms with E-state index >= 15 is 0 Å². The van der Waals surface area contributed by atoms with Crippen LogP contribution in [-0.2, 0) is 18.3 Å². The van der Waals surface area contributed by atoms with E-state index in [1.54, 1.807) is 55.6 Å². The van der Waals surface area contributed by atoms with Gasteiger partial charge in [0.25, 0.3) is 11.5 Å². The molecule has 0 saturated heterocycles. The number of hydrogen-bond donors (Lipinski definition) is 3. The van der Waals surface area contributed by atoms with Crippen molar-refractivity contribution in [3.05, 3.63) is 98.3 Å². The van der Waals surface area contributed by atoms with Crippen LogP contribution in [0.25, 0.3) is 22.0 Å². The molecule has 1 aromatic heterocycles. The number of phenolic OH excluding ortho intramolecular Hbond substituents is 1. The Bertz CT molecular complexity index is 1490. The molecule has 0 radical (unpaired) electrons. The number of aromatic nitrogens is 1. The monoisotopic (exact) mass is 510 g/mol. The standard InChI is InChI=1S/C26H20Cl2N2O5/c1-30-22-10-9-17(31)12-16(22)13-18(25(30)33)15-7-5-14(6-8-15)11-21(26(34)35)29-24(32)23-19(27)3-2-4-20(23)28/h2-10,12-13,21,31H,11H2,1H3,(H,29,32)(H,34,35)/t21-/m0/s1. The third-order valence-electron chi connectivity index (χ3n) is 5.71. The summed E-state index contributed by atoms with van der Waals surface area (Å²) in [6.45, 7) is 0. The Kier molecular flexibility index (Phi) is 6.82. The molecule has 0 unspecified atom stereocenters. The Morgan fingerprint density at radius 2 is 1.66 bits per heavy atom. The SMILES string of the molecule is Cn1c(=O)c(-c2ccc(C[C@H](NC(=O)c3c(Cl)cccc3Cl)C(=O)O)cc2)cc2cc(O)ccc21. The van der Waals surface area contributed by atoms with Crippen LogP contribution in [0.2, 0.25) is 10.0 Å². The Morgan fingerprint density at radius 1 is 1.00 bits per heavy atom. The lowest BCUT2D eigenvalue weighted by atomic mass is 10.00. The molecule has 4 rings (SSSR count). The second kappa shape index (κ2) is 9.82. The van der Waals surface area contributed by atoms with Gasteiger partial charge in [0.1, 0.15) is 11.8 Å². The van der Waals surface area contributed by atoms with Crippen molar-refractivity contribution in [2.45, 2.75) is 12.5 Å². The zero-order valence-corrected chi connectivity index (χ0v) is 20.0. The summed E-state index contributed by atoms with van der Waals surface area (Å²) in [6.07, 6.45) is 0.00697. The number of halogens is 2. The Morgan fingerprint density at radius 3 is 2.29 bits per heavy atom. The van der Waals surface area contributed by atoms with Crippen LogP contribution in [0, 0.1) is 0 Å². The van der Waals surface area contributed by atoms with E-state index in [1.165, 1.54) is 22.8 Å². The zero-order valence-electron chi connectivity index (χ0n) is 18.5. The number of carbonyl (C=O) groups excluding carboxylic acids is 1. The van der Waals surface area contributed by atoms with Crippen LogP contribution in [0.4, 0.5) is 0 Å². The molecular formula is C26H20Cl2N2O5. The van der Waals surface area contributed by atoms with Gasteiger partial charge in [-0.2, -0.15) is 0 Å². The summed E-state index contributed by atoms with van der Waals surface area (Å²) in [4.78, 5) is 37.3. The molecule has 35 heavy (non-hydrogen) atoms. The summed E-state index contributed by atoms with van der Waals surface area (Å²) in [6, 6.07) is 16.7. The highest BCUT2D eigenvalue weighted by atomic mass is 35.5. The lowest BCUT2D eigenvalue weighted by molar-refractivity contribution is -0.139. The number of carbonyl (C=O) groups is 2. The van der Waals surface area contributed by atoms with Gasteiger partial charge < -0.3 is 20.1 Å². The number of aryl methyl sites for hydroxylation is 1. The average Bonchev–Trinajstić information content (AvgIpc) is 2.81. The number of rotatable bonds is 6. The fourth-order valence-electron chi connectivity index (χ4n) is 3.88. The summed E-state index contributed by atoms with van der Waals surface area (Å²) in [5, 5.41) is 22.9. The van der Waals surface area contributed by atoms with E-state index in [1.807, 2.05) is 0 Å². The predicted molar refractivity (Wildman–Crippen MR) is 135 cm³/mol. The number of nitrogens with one attached hydrogen (secondary N) is 1. The van der Waals surface area contributed by atoms with Crippen molar-refractivity contribution in [3.63, 3.8) is 0 Å². The molecule has 178 valence electrons. The number of amides is 1. The van der Waals surface area contributed by atoms with E-state index < -0.39 is 17.9 Å². The van der Waals surface area contributed by atoms with E-state index in [0.717, 1.165) is 0 Å². The molecule has 1 heterocycles. The van der Waals surface area contributed by atoms with Crippen molar-refractivity contribution in [1.29, 1.82) is 0 Å². The predicted octanol–water partition coefficient (Wildman–Crippen LogP) is 4.64. The minimum absolute atomic E-state index is 0.00697. The number of benzene rings is 3. The number of carboxylic acids is 1. The number of fused-ring (bicyclic) bond motifs is 1. The number of aliphatic carboxylic acids is 1. The maximum absolute atomic E-state index is 12.9. The van der Waals surface area contributed by atoms with Gasteiger partial charge in [0, 0.05) is 24.4 Å². The Labute approximate surface area is 210 Å². The van der Waals surface area contributed by atoms with Crippen molar-refractivity contribution in [3.8, 4) is 16.9 Å². The topological polar surface area (TPSA) is 109 Å². The van der Waals surface area contributed by atoms with Crippen molar-refractivity contribution >= 4 is 46.0 Å². The van der Waals surface area contributed by atoms with Crippen LogP contribution in [-0.4, -0.2) is 32.7 Å². The van der Waals surface area contributed by atoms with Gasteiger partial charge in [0.2, 0.25) is 0 Å².